The summed E-state index contributed by atoms with van der Waals surface area (Å²) in [6, 6.07) is -4.44. The lowest BCUT2D eigenvalue weighted by atomic mass is 10.1. The van der Waals surface area contributed by atoms with Gasteiger partial charge in [-0.15, -0.1) is 0 Å². The molecule has 0 bridgehead atoms. The van der Waals surface area contributed by atoms with Crippen LogP contribution in [0.15, 0.2) is 12.5 Å². The van der Waals surface area contributed by atoms with Crippen LogP contribution in [-0.4, -0.2) is 86.7 Å². The second-order valence-electron chi connectivity index (χ2n) is 6.56. The Morgan fingerprint density at radius 3 is 2.23 bits per heavy atom. The largest absolute Gasteiger partial charge is 0.480 e. The van der Waals surface area contributed by atoms with E-state index in [2.05, 4.69) is 25.9 Å². The minimum atomic E-state index is -1.52. The molecule has 8 N–H and O–H groups in total. The molecule has 0 fully saturated rings. The number of nitrogens with one attached hydrogen (secondary N) is 4. The number of rotatable bonds is 13. The van der Waals surface area contributed by atoms with Crippen molar-refractivity contribution in [3.63, 3.8) is 0 Å². The van der Waals surface area contributed by atoms with E-state index in [1.54, 1.807) is 0 Å². The van der Waals surface area contributed by atoms with E-state index in [-0.39, 0.29) is 6.42 Å². The van der Waals surface area contributed by atoms with E-state index in [9.17, 15) is 19.2 Å². The number of hydrogen-bond donors (Lipinski definition) is 7. The van der Waals surface area contributed by atoms with Crippen LogP contribution in [0.5, 0.6) is 0 Å². The molecule has 0 aliphatic rings. The third-order valence-corrected chi connectivity index (χ3v) is 4.71. The van der Waals surface area contributed by atoms with E-state index in [1.165, 1.54) is 31.2 Å². The van der Waals surface area contributed by atoms with E-state index >= 15 is 0 Å². The minimum Gasteiger partial charge on any atom is -0.480 e. The molecule has 1 aromatic heterocycles. The van der Waals surface area contributed by atoms with Crippen LogP contribution in [0.25, 0.3) is 0 Å². The highest BCUT2D eigenvalue weighted by Gasteiger charge is 2.30. The van der Waals surface area contributed by atoms with Crippen LogP contribution in [0, 0.1) is 0 Å². The molecular formula is C17H28N6O6S. The number of aromatic nitrogens is 2. The topological polar surface area (TPSA) is 200 Å². The number of thioether (sulfide) groups is 1. The van der Waals surface area contributed by atoms with Crippen LogP contribution in [0.1, 0.15) is 19.0 Å². The number of imidazole rings is 1. The summed E-state index contributed by atoms with van der Waals surface area (Å²) in [5.41, 5.74) is 6.07. The third kappa shape index (κ3) is 8.39. The zero-order chi connectivity index (χ0) is 22.7. The minimum absolute atomic E-state index is 0.00811. The molecule has 4 unspecified atom stereocenters. The summed E-state index contributed by atoms with van der Waals surface area (Å²) in [6.45, 7) is 0.668. The smallest absolute Gasteiger partial charge is 0.328 e. The first-order valence-corrected chi connectivity index (χ1v) is 10.6. The molecule has 0 radical (unpaired) electrons. The first-order valence-electron chi connectivity index (χ1n) is 9.16. The summed E-state index contributed by atoms with van der Waals surface area (Å²) in [6.07, 6.45) is 4.99. The number of aromatic amines is 1. The van der Waals surface area contributed by atoms with Crippen molar-refractivity contribution in [2.24, 2.45) is 5.73 Å². The molecule has 0 saturated heterocycles. The zero-order valence-corrected chi connectivity index (χ0v) is 17.6. The maximum atomic E-state index is 12.8. The normalized spacial score (nSPS) is 14.8. The Kier molecular flexibility index (Phi) is 10.9. The van der Waals surface area contributed by atoms with Gasteiger partial charge < -0.3 is 36.9 Å². The molecule has 1 aromatic rings. The van der Waals surface area contributed by atoms with E-state index in [1.807, 2.05) is 6.26 Å². The van der Waals surface area contributed by atoms with Gasteiger partial charge in [0.15, 0.2) is 0 Å². The Morgan fingerprint density at radius 1 is 1.13 bits per heavy atom. The van der Waals surface area contributed by atoms with Gasteiger partial charge in [-0.25, -0.2) is 9.78 Å². The maximum absolute atomic E-state index is 12.8. The van der Waals surface area contributed by atoms with Gasteiger partial charge in [-0.05, 0) is 25.4 Å². The summed E-state index contributed by atoms with van der Waals surface area (Å²) >= 11 is 1.48. The molecule has 1 heterocycles. The van der Waals surface area contributed by atoms with Crippen molar-refractivity contribution >= 4 is 35.5 Å². The number of amides is 3. The van der Waals surface area contributed by atoms with E-state index in [4.69, 9.17) is 15.9 Å². The number of aliphatic carboxylic acids is 1. The maximum Gasteiger partial charge on any atom is 0.328 e. The van der Waals surface area contributed by atoms with Crippen molar-refractivity contribution in [1.82, 2.24) is 25.9 Å². The van der Waals surface area contributed by atoms with Crippen LogP contribution in [0.2, 0.25) is 0 Å². The Bertz CT molecular complexity index is 714. The lowest BCUT2D eigenvalue weighted by molar-refractivity contribution is -0.143. The molecule has 30 heavy (non-hydrogen) atoms. The molecule has 12 nitrogen and oxygen atoms in total. The monoisotopic (exact) mass is 444 g/mol. The molecule has 0 aliphatic carbocycles. The molecule has 4 atom stereocenters. The van der Waals surface area contributed by atoms with Crippen molar-refractivity contribution in [3.05, 3.63) is 18.2 Å². The van der Waals surface area contributed by atoms with E-state index in [0.717, 1.165) is 0 Å². The van der Waals surface area contributed by atoms with Gasteiger partial charge >= 0.3 is 5.97 Å². The van der Waals surface area contributed by atoms with Gasteiger partial charge in [-0.3, -0.25) is 14.4 Å². The number of carbonyl (C=O) groups excluding carboxylic acids is 3. The highest BCUT2D eigenvalue weighted by Crippen LogP contribution is 2.05. The predicted molar refractivity (Wildman–Crippen MR) is 109 cm³/mol. The Balaban J connectivity index is 2.97. The van der Waals surface area contributed by atoms with Gasteiger partial charge in [-0.2, -0.15) is 11.8 Å². The number of aliphatic hydroxyl groups excluding tert-OH is 1. The number of hydrogen-bond acceptors (Lipinski definition) is 8. The number of aliphatic hydroxyl groups is 1. The highest BCUT2D eigenvalue weighted by molar-refractivity contribution is 7.98. The number of nitrogens with two attached hydrogens (primary N) is 1. The zero-order valence-electron chi connectivity index (χ0n) is 16.8. The molecule has 3 amide bonds. The van der Waals surface area contributed by atoms with Gasteiger partial charge in [0.05, 0.1) is 19.0 Å². The number of carboxylic acids is 1. The summed E-state index contributed by atoms with van der Waals surface area (Å²) in [7, 11) is 0. The quantitative estimate of drug-likeness (QED) is 0.173. The summed E-state index contributed by atoms with van der Waals surface area (Å²) < 4.78 is 0. The average Bonchev–Trinajstić information content (AvgIpc) is 3.20. The predicted octanol–water partition coefficient (Wildman–Crippen LogP) is -2.42. The Labute approximate surface area is 177 Å². The number of H-pyrrole nitrogens is 1. The van der Waals surface area contributed by atoms with Gasteiger partial charge in [0.25, 0.3) is 0 Å². The molecular weight excluding hydrogens is 416 g/mol. The summed E-state index contributed by atoms with van der Waals surface area (Å²) in [5.74, 6) is -2.79. The molecule has 168 valence electrons. The second kappa shape index (κ2) is 12.8. The van der Waals surface area contributed by atoms with Gasteiger partial charge in [-0.1, -0.05) is 0 Å². The van der Waals surface area contributed by atoms with Gasteiger partial charge in [0.1, 0.15) is 18.1 Å². The van der Waals surface area contributed by atoms with Crippen LogP contribution in [-0.2, 0) is 25.6 Å². The van der Waals surface area contributed by atoms with E-state index in [0.29, 0.717) is 17.9 Å². The molecule has 0 saturated carbocycles. The number of carboxylic acid groups (broad SMARTS) is 1. The SMILES string of the molecule is CSCCC(NC(=O)C(C)N)C(=O)NC(Cc1cnc[nH]1)C(=O)NC(CO)C(=O)O. The molecule has 0 aromatic carbocycles. The lowest BCUT2D eigenvalue weighted by Crippen LogP contribution is -2.58. The van der Waals surface area contributed by atoms with Gasteiger partial charge in [0, 0.05) is 18.3 Å². The fraction of sp³-hybridized carbons (Fsp3) is 0.588. The fourth-order valence-corrected chi connectivity index (χ4v) is 2.83. The molecule has 1 rings (SSSR count). The first kappa shape index (κ1) is 25.4. The van der Waals surface area contributed by atoms with Crippen LogP contribution < -0.4 is 21.7 Å². The average molecular weight is 445 g/mol. The van der Waals surface area contributed by atoms with Gasteiger partial charge in [0.2, 0.25) is 17.7 Å². The number of carbonyl (C=O) groups is 4. The highest BCUT2D eigenvalue weighted by atomic mass is 32.2. The van der Waals surface area contributed by atoms with Crippen molar-refractivity contribution < 1.29 is 29.4 Å². The van der Waals surface area contributed by atoms with Crippen molar-refractivity contribution in [2.75, 3.05) is 18.6 Å². The van der Waals surface area contributed by atoms with E-state index < -0.39 is 54.5 Å². The number of nitrogens with zero attached hydrogens (tertiary/aromatic N) is 1. The standard InChI is InChI=1S/C17H28N6O6S/c1-9(18)14(25)21-11(3-4-30-2)15(26)22-12(5-10-6-19-8-20-10)16(27)23-13(7-24)17(28)29/h6,8-9,11-13,24H,3-5,7,18H2,1-2H3,(H,19,20)(H,21,25)(H,22,26)(H,23,27)(H,28,29). The molecule has 0 aliphatic heterocycles. The van der Waals surface area contributed by atoms with Crippen LogP contribution in [0.4, 0.5) is 0 Å². The summed E-state index contributed by atoms with van der Waals surface area (Å²) in [5, 5.41) is 25.4. The Hall–Kier alpha value is -2.64. The third-order valence-electron chi connectivity index (χ3n) is 4.07. The van der Waals surface area contributed by atoms with Crippen LogP contribution >= 0.6 is 11.8 Å². The lowest BCUT2D eigenvalue weighted by Gasteiger charge is -2.24. The summed E-state index contributed by atoms with van der Waals surface area (Å²) in [4.78, 5) is 55.1. The Morgan fingerprint density at radius 2 is 1.73 bits per heavy atom. The van der Waals surface area contributed by atoms with Crippen LogP contribution in [0.3, 0.4) is 0 Å². The van der Waals surface area contributed by atoms with Crippen molar-refractivity contribution in [1.29, 1.82) is 0 Å². The first-order chi connectivity index (χ1) is 14.2. The second-order valence-corrected chi connectivity index (χ2v) is 7.54. The molecule has 13 heteroatoms. The molecule has 0 spiro atoms. The van der Waals surface area contributed by atoms with Crippen molar-refractivity contribution in [2.45, 2.75) is 43.9 Å². The fourth-order valence-electron chi connectivity index (χ4n) is 2.36. The van der Waals surface area contributed by atoms with Crippen molar-refractivity contribution in [3.8, 4) is 0 Å².